The molecule has 9 rings (SSSR count). The summed E-state index contributed by atoms with van der Waals surface area (Å²) in [6.45, 7) is 5.66. The first-order valence-corrected chi connectivity index (χ1v) is 19.9. The molecule has 0 radical (unpaired) electrons. The van der Waals surface area contributed by atoms with E-state index in [-0.39, 0.29) is 81.9 Å². The molecule has 2 aromatic heterocycles. The molecule has 4 aromatic rings. The smallest absolute Gasteiger partial charge is 0.319 e. The molecular formula is C43H44F3N7O4. The number of phenols is 1. The quantitative estimate of drug-likeness (QED) is 0.169. The van der Waals surface area contributed by atoms with Crippen LogP contribution in [0.15, 0.2) is 43.1 Å². The van der Waals surface area contributed by atoms with Crippen LogP contribution in [0, 0.1) is 29.9 Å². The minimum Gasteiger partial charge on any atom is -0.508 e. The number of fused-ring (bicyclic) bond motifs is 5. The molecule has 11 nitrogen and oxygen atoms in total. The molecule has 2 aromatic carbocycles. The molecule has 4 saturated heterocycles. The second-order valence-corrected chi connectivity index (χ2v) is 16.3. The number of aromatic nitrogens is 3. The first kappa shape index (κ1) is 37.2. The third-order valence-corrected chi connectivity index (χ3v) is 12.9. The fraction of sp³-hybridized carbons (Fsp3) is 0.465. The van der Waals surface area contributed by atoms with Gasteiger partial charge in [0.25, 0.3) is 0 Å². The van der Waals surface area contributed by atoms with Crippen molar-refractivity contribution in [2.24, 2.45) is 5.92 Å². The standard InChI is InChI=1S/C43H44F3N7O4/c1-3-31-34(45)12-9-24-16-30(54)17-32(36(24)31)38-37(46)39-33(19-47-38)40(50-42(49-39)57-23-43-13-6-14-52(43)20-26(44)18-43)51-21-28-10-11-29(22-51)53(28)41(56)25-7-5-8-27(15-25)48-35(55)4-2/h1,4,9,12,16-17,19,25-29,54H,2,5-8,10-11,13-15,18,20-23H2,(H,48,55)/t25?,26-,27?,28?,29?,43+/m1/s1. The summed E-state index contributed by atoms with van der Waals surface area (Å²) < 4.78 is 53.2. The highest BCUT2D eigenvalue weighted by Crippen LogP contribution is 2.43. The number of phenolic OH excluding ortho intramolecular Hbond substituents is 1. The number of pyridine rings is 1. The monoisotopic (exact) mass is 779 g/mol. The average molecular weight is 780 g/mol. The number of alkyl halides is 1. The molecule has 296 valence electrons. The Balaban J connectivity index is 1.08. The molecule has 0 spiro atoms. The minimum absolute atomic E-state index is 0.0751. The Morgan fingerprint density at radius 1 is 1.11 bits per heavy atom. The predicted molar refractivity (Wildman–Crippen MR) is 208 cm³/mol. The third-order valence-electron chi connectivity index (χ3n) is 12.9. The zero-order valence-corrected chi connectivity index (χ0v) is 31.5. The molecule has 2 bridgehead atoms. The third kappa shape index (κ3) is 6.49. The van der Waals surface area contributed by atoms with Gasteiger partial charge in [-0.05, 0) is 81.2 Å². The summed E-state index contributed by atoms with van der Waals surface area (Å²) in [5.74, 6) is 0.732. The predicted octanol–water partition coefficient (Wildman–Crippen LogP) is 5.81. The molecule has 5 aliphatic rings. The van der Waals surface area contributed by atoms with Crippen molar-refractivity contribution in [3.63, 3.8) is 0 Å². The number of nitrogens with one attached hydrogen (secondary N) is 1. The van der Waals surface area contributed by atoms with Gasteiger partial charge in [-0.2, -0.15) is 9.97 Å². The second kappa shape index (κ2) is 14.5. The largest absolute Gasteiger partial charge is 0.508 e. The molecule has 4 unspecified atom stereocenters. The lowest BCUT2D eigenvalue weighted by Crippen LogP contribution is -2.58. The summed E-state index contributed by atoms with van der Waals surface area (Å²) >= 11 is 0. The average Bonchev–Trinajstić information content (AvgIpc) is 3.82. The number of benzene rings is 2. The summed E-state index contributed by atoms with van der Waals surface area (Å²) in [7, 11) is 0. The van der Waals surface area contributed by atoms with Gasteiger partial charge in [0.1, 0.15) is 41.4 Å². The van der Waals surface area contributed by atoms with Gasteiger partial charge in [-0.25, -0.2) is 13.2 Å². The van der Waals surface area contributed by atoms with Crippen molar-refractivity contribution in [3.05, 3.63) is 60.3 Å². The van der Waals surface area contributed by atoms with Crippen LogP contribution in [0.5, 0.6) is 11.8 Å². The van der Waals surface area contributed by atoms with Crippen molar-refractivity contribution in [3.8, 4) is 35.4 Å². The van der Waals surface area contributed by atoms with Crippen molar-refractivity contribution >= 4 is 39.3 Å². The van der Waals surface area contributed by atoms with Gasteiger partial charge in [0, 0.05) is 67.2 Å². The second-order valence-electron chi connectivity index (χ2n) is 16.3. The summed E-state index contributed by atoms with van der Waals surface area (Å²) in [6, 6.07) is 4.99. The number of carbonyl (C=O) groups is 2. The summed E-state index contributed by atoms with van der Waals surface area (Å²) in [5.41, 5.74) is -0.783. The van der Waals surface area contributed by atoms with E-state index in [0.29, 0.717) is 49.1 Å². The number of amides is 2. The first-order chi connectivity index (χ1) is 27.6. The van der Waals surface area contributed by atoms with Gasteiger partial charge in [-0.3, -0.25) is 19.5 Å². The molecule has 1 aliphatic carbocycles. The Morgan fingerprint density at radius 2 is 1.91 bits per heavy atom. The SMILES string of the molecule is C#Cc1c(F)ccc2cc(O)cc(-c3ncc4c(N5CC6CCC(C5)N6C(=O)C5CCCC(NC(=O)C=C)C5)nc(OC[C@@]56CCCN5C[C@H](F)C6)nc4c3F)c12. The van der Waals surface area contributed by atoms with Crippen LogP contribution in [0.2, 0.25) is 0 Å². The van der Waals surface area contributed by atoms with E-state index in [1.165, 1.54) is 36.5 Å². The number of halogens is 3. The van der Waals surface area contributed by atoms with Crippen LogP contribution in [0.1, 0.15) is 63.4 Å². The Labute approximate surface area is 328 Å². The summed E-state index contributed by atoms with van der Waals surface area (Å²) in [6.07, 6.45) is 14.1. The maximum absolute atomic E-state index is 17.2. The van der Waals surface area contributed by atoms with Crippen LogP contribution in [-0.4, -0.2) is 104 Å². The minimum atomic E-state index is -0.970. The summed E-state index contributed by atoms with van der Waals surface area (Å²) in [4.78, 5) is 46.3. The van der Waals surface area contributed by atoms with Crippen molar-refractivity contribution < 1.29 is 32.6 Å². The van der Waals surface area contributed by atoms with Gasteiger partial charge >= 0.3 is 6.01 Å². The van der Waals surface area contributed by atoms with Gasteiger partial charge in [-0.1, -0.05) is 25.0 Å². The van der Waals surface area contributed by atoms with Gasteiger partial charge in [-0.15, -0.1) is 6.42 Å². The Kier molecular flexibility index (Phi) is 9.46. The van der Waals surface area contributed by atoms with E-state index >= 15 is 8.78 Å². The van der Waals surface area contributed by atoms with E-state index < -0.39 is 23.3 Å². The van der Waals surface area contributed by atoms with Crippen LogP contribution >= 0.6 is 0 Å². The van der Waals surface area contributed by atoms with Gasteiger partial charge < -0.3 is 25.0 Å². The molecule has 2 amide bonds. The van der Waals surface area contributed by atoms with Crippen LogP contribution in [0.3, 0.4) is 0 Å². The van der Waals surface area contributed by atoms with Crippen LogP contribution in [0.25, 0.3) is 32.9 Å². The van der Waals surface area contributed by atoms with Crippen molar-refractivity contribution in [1.82, 2.24) is 30.1 Å². The number of piperazine rings is 1. The summed E-state index contributed by atoms with van der Waals surface area (Å²) in [5, 5.41) is 14.6. The molecule has 6 heterocycles. The van der Waals surface area contributed by atoms with E-state index in [4.69, 9.17) is 16.1 Å². The molecule has 6 atom stereocenters. The Morgan fingerprint density at radius 3 is 2.68 bits per heavy atom. The lowest BCUT2D eigenvalue weighted by molar-refractivity contribution is -0.140. The molecule has 57 heavy (non-hydrogen) atoms. The number of rotatable bonds is 8. The lowest BCUT2D eigenvalue weighted by atomic mass is 9.84. The number of nitrogens with zero attached hydrogens (tertiary/aromatic N) is 6. The molecule has 14 heteroatoms. The Bertz CT molecular complexity index is 2340. The number of hydrogen-bond acceptors (Lipinski definition) is 9. The van der Waals surface area contributed by atoms with Gasteiger partial charge in [0.2, 0.25) is 11.8 Å². The van der Waals surface area contributed by atoms with E-state index in [1.54, 1.807) is 0 Å². The number of hydrogen-bond donors (Lipinski definition) is 2. The molecular weight excluding hydrogens is 736 g/mol. The lowest BCUT2D eigenvalue weighted by Gasteiger charge is -2.44. The number of ether oxygens (including phenoxy) is 1. The number of anilines is 1. The topological polar surface area (TPSA) is 124 Å². The van der Waals surface area contributed by atoms with E-state index in [2.05, 4.69) is 32.7 Å². The fourth-order valence-electron chi connectivity index (χ4n) is 10.4. The fourth-order valence-corrected chi connectivity index (χ4v) is 10.4. The van der Waals surface area contributed by atoms with Crippen LogP contribution < -0.4 is 15.0 Å². The van der Waals surface area contributed by atoms with Crippen molar-refractivity contribution in [2.45, 2.75) is 87.6 Å². The number of aromatic hydroxyl groups is 1. The highest BCUT2D eigenvalue weighted by Gasteiger charge is 2.50. The highest BCUT2D eigenvalue weighted by atomic mass is 19.1. The highest BCUT2D eigenvalue weighted by molar-refractivity contribution is 6.03. The molecule has 5 fully saturated rings. The zero-order chi connectivity index (χ0) is 39.6. The maximum Gasteiger partial charge on any atom is 0.319 e. The molecule has 4 aliphatic heterocycles. The van der Waals surface area contributed by atoms with Gasteiger partial charge in [0.15, 0.2) is 5.82 Å². The van der Waals surface area contributed by atoms with E-state index in [9.17, 15) is 19.1 Å². The van der Waals surface area contributed by atoms with E-state index in [1.807, 2.05) is 9.80 Å². The molecule has 2 N–H and O–H groups in total. The van der Waals surface area contributed by atoms with Gasteiger partial charge in [0.05, 0.1) is 16.5 Å². The first-order valence-electron chi connectivity index (χ1n) is 19.9. The van der Waals surface area contributed by atoms with Crippen LogP contribution in [-0.2, 0) is 9.59 Å². The van der Waals surface area contributed by atoms with Crippen molar-refractivity contribution in [1.29, 1.82) is 0 Å². The van der Waals surface area contributed by atoms with E-state index in [0.717, 1.165) is 51.5 Å². The Hall–Kier alpha value is -5.42. The number of carbonyl (C=O) groups excluding carboxylic acids is 2. The van der Waals surface area contributed by atoms with Crippen molar-refractivity contribution in [2.75, 3.05) is 37.7 Å². The maximum atomic E-state index is 17.2. The zero-order valence-electron chi connectivity index (χ0n) is 31.5. The normalized spacial score (nSPS) is 27.1. The van der Waals surface area contributed by atoms with Crippen LogP contribution in [0.4, 0.5) is 19.0 Å². The number of terminal acetylenes is 1. The molecule has 1 saturated carbocycles.